The number of hydrogen-bond acceptors (Lipinski definition) is 3. The van der Waals surface area contributed by atoms with Gasteiger partial charge in [0.25, 0.3) is 0 Å². The van der Waals surface area contributed by atoms with E-state index in [9.17, 15) is 4.79 Å². The van der Waals surface area contributed by atoms with Gasteiger partial charge >= 0.3 is 0 Å². The van der Waals surface area contributed by atoms with Gasteiger partial charge in [-0.05, 0) is 12.1 Å². The van der Waals surface area contributed by atoms with Gasteiger partial charge in [-0.2, -0.15) is 0 Å². The fourth-order valence-electron chi connectivity index (χ4n) is 0.777. The molecule has 0 amide bonds. The Bertz CT molecular complexity index is 319. The summed E-state index contributed by atoms with van der Waals surface area (Å²) in [6.45, 7) is 0. The number of carbonyl (C=O) groups is 1. The molecule has 0 saturated heterocycles. The normalized spacial score (nSPS) is 10.3. The Hall–Kier alpha value is -1.35. The van der Waals surface area contributed by atoms with E-state index in [1.807, 2.05) is 0 Å². The Morgan fingerprint density at radius 1 is 1.62 bits per heavy atom. The molecule has 0 aliphatic rings. The van der Waals surface area contributed by atoms with Gasteiger partial charge < -0.3 is 5.32 Å². The average molecular weight is 197 g/mol. The Morgan fingerprint density at radius 3 is 2.92 bits per heavy atom. The molecule has 0 radical (unpaired) electrons. The standard InChI is InChI=1S/C9H9ClN2O/c1-11-5-4-8(13)7-2-3-9(10)12-6-7/h2-6,11H,1H3/b5-4+. The number of halogens is 1. The zero-order chi connectivity index (χ0) is 9.68. The van der Waals surface area contributed by atoms with Crippen LogP contribution in [0.3, 0.4) is 0 Å². The second-order valence-electron chi connectivity index (χ2n) is 2.36. The third kappa shape index (κ3) is 2.87. The van der Waals surface area contributed by atoms with Crippen molar-refractivity contribution < 1.29 is 4.79 Å². The summed E-state index contributed by atoms with van der Waals surface area (Å²) < 4.78 is 0. The molecule has 0 unspecified atom stereocenters. The molecule has 0 aliphatic carbocycles. The number of aromatic nitrogens is 1. The molecular weight excluding hydrogens is 188 g/mol. The number of carbonyl (C=O) groups excluding carboxylic acids is 1. The summed E-state index contributed by atoms with van der Waals surface area (Å²) in [6, 6.07) is 3.22. The lowest BCUT2D eigenvalue weighted by atomic mass is 10.2. The van der Waals surface area contributed by atoms with Crippen LogP contribution in [0.25, 0.3) is 0 Å². The minimum absolute atomic E-state index is 0.0986. The van der Waals surface area contributed by atoms with E-state index in [4.69, 9.17) is 11.6 Å². The third-order valence-corrected chi connectivity index (χ3v) is 1.64. The number of nitrogens with zero attached hydrogens (tertiary/aromatic N) is 1. The van der Waals surface area contributed by atoms with Crippen LogP contribution in [0, 0.1) is 0 Å². The van der Waals surface area contributed by atoms with Crippen molar-refractivity contribution in [2.24, 2.45) is 0 Å². The van der Waals surface area contributed by atoms with E-state index in [-0.39, 0.29) is 5.78 Å². The van der Waals surface area contributed by atoms with Gasteiger partial charge in [-0.25, -0.2) is 4.98 Å². The van der Waals surface area contributed by atoms with E-state index in [1.165, 1.54) is 12.3 Å². The average Bonchev–Trinajstić information content (AvgIpc) is 2.15. The first-order chi connectivity index (χ1) is 6.24. The Labute approximate surface area is 81.4 Å². The molecule has 1 N–H and O–H groups in total. The molecule has 0 fully saturated rings. The highest BCUT2D eigenvalue weighted by Gasteiger charge is 2.00. The van der Waals surface area contributed by atoms with Crippen LogP contribution in [0.4, 0.5) is 0 Å². The molecule has 1 rings (SSSR count). The van der Waals surface area contributed by atoms with Crippen molar-refractivity contribution in [2.45, 2.75) is 0 Å². The van der Waals surface area contributed by atoms with Crippen LogP contribution in [0.1, 0.15) is 10.4 Å². The number of pyridine rings is 1. The SMILES string of the molecule is CN/C=C/C(=O)c1ccc(Cl)nc1. The van der Waals surface area contributed by atoms with Crippen LogP contribution < -0.4 is 5.32 Å². The summed E-state index contributed by atoms with van der Waals surface area (Å²) in [5, 5.41) is 3.12. The van der Waals surface area contributed by atoms with Crippen LogP contribution in [-0.2, 0) is 0 Å². The zero-order valence-electron chi connectivity index (χ0n) is 7.12. The predicted octanol–water partition coefficient (Wildman–Crippen LogP) is 1.65. The van der Waals surface area contributed by atoms with E-state index >= 15 is 0 Å². The van der Waals surface area contributed by atoms with Crippen molar-refractivity contribution in [1.29, 1.82) is 0 Å². The topological polar surface area (TPSA) is 42.0 Å². The van der Waals surface area contributed by atoms with Gasteiger partial charge in [-0.15, -0.1) is 0 Å². The second kappa shape index (κ2) is 4.62. The highest BCUT2D eigenvalue weighted by Crippen LogP contribution is 2.05. The van der Waals surface area contributed by atoms with Gasteiger partial charge in [-0.1, -0.05) is 11.6 Å². The summed E-state index contributed by atoms with van der Waals surface area (Å²) in [5.74, 6) is -0.0986. The molecule has 1 heterocycles. The molecule has 3 nitrogen and oxygen atoms in total. The first-order valence-corrected chi connectivity index (χ1v) is 4.11. The number of ketones is 1. The van der Waals surface area contributed by atoms with Crippen molar-refractivity contribution in [3.8, 4) is 0 Å². The van der Waals surface area contributed by atoms with Crippen LogP contribution in [0.2, 0.25) is 5.15 Å². The van der Waals surface area contributed by atoms with Gasteiger partial charge in [0.1, 0.15) is 5.15 Å². The number of hydrogen-bond donors (Lipinski definition) is 1. The van der Waals surface area contributed by atoms with Crippen LogP contribution in [0.15, 0.2) is 30.6 Å². The monoisotopic (exact) mass is 196 g/mol. The Kier molecular flexibility index (Phi) is 3.46. The fraction of sp³-hybridized carbons (Fsp3) is 0.111. The summed E-state index contributed by atoms with van der Waals surface area (Å²) in [5.41, 5.74) is 0.524. The van der Waals surface area contributed by atoms with Crippen molar-refractivity contribution in [3.63, 3.8) is 0 Å². The summed E-state index contributed by atoms with van der Waals surface area (Å²) >= 11 is 5.57. The Balaban J connectivity index is 2.78. The Morgan fingerprint density at radius 2 is 2.38 bits per heavy atom. The van der Waals surface area contributed by atoms with Gasteiger partial charge in [-0.3, -0.25) is 4.79 Å². The van der Waals surface area contributed by atoms with Gasteiger partial charge in [0.15, 0.2) is 5.78 Å². The molecule has 0 aliphatic heterocycles. The minimum Gasteiger partial charge on any atom is -0.394 e. The molecular formula is C9H9ClN2O. The number of rotatable bonds is 3. The summed E-state index contributed by atoms with van der Waals surface area (Å²) in [4.78, 5) is 15.1. The number of allylic oxidation sites excluding steroid dienone is 1. The highest BCUT2D eigenvalue weighted by molar-refractivity contribution is 6.29. The molecule has 0 saturated carbocycles. The van der Waals surface area contributed by atoms with Gasteiger partial charge in [0.2, 0.25) is 0 Å². The molecule has 4 heteroatoms. The molecule has 0 aromatic carbocycles. The first kappa shape index (κ1) is 9.74. The third-order valence-electron chi connectivity index (χ3n) is 1.41. The summed E-state index contributed by atoms with van der Waals surface area (Å²) in [7, 11) is 1.73. The van der Waals surface area contributed by atoms with E-state index in [0.29, 0.717) is 10.7 Å². The van der Waals surface area contributed by atoms with Crippen LogP contribution in [0.5, 0.6) is 0 Å². The summed E-state index contributed by atoms with van der Waals surface area (Å²) in [6.07, 6.45) is 4.45. The van der Waals surface area contributed by atoms with Crippen molar-refractivity contribution in [1.82, 2.24) is 10.3 Å². The van der Waals surface area contributed by atoms with E-state index in [0.717, 1.165) is 0 Å². The maximum Gasteiger partial charge on any atom is 0.188 e. The van der Waals surface area contributed by atoms with Gasteiger partial charge in [0.05, 0.1) is 0 Å². The van der Waals surface area contributed by atoms with Gasteiger partial charge in [0, 0.05) is 31.1 Å². The molecule has 0 bridgehead atoms. The smallest absolute Gasteiger partial charge is 0.188 e. The van der Waals surface area contributed by atoms with Crippen molar-refractivity contribution >= 4 is 17.4 Å². The van der Waals surface area contributed by atoms with E-state index in [1.54, 1.807) is 25.4 Å². The van der Waals surface area contributed by atoms with Crippen molar-refractivity contribution in [2.75, 3.05) is 7.05 Å². The van der Waals surface area contributed by atoms with Crippen molar-refractivity contribution in [3.05, 3.63) is 41.3 Å². The lowest BCUT2D eigenvalue weighted by Crippen LogP contribution is -1.98. The maximum absolute atomic E-state index is 11.3. The first-order valence-electron chi connectivity index (χ1n) is 3.73. The quantitative estimate of drug-likeness (QED) is 0.454. The highest BCUT2D eigenvalue weighted by atomic mass is 35.5. The lowest BCUT2D eigenvalue weighted by Gasteiger charge is -1.94. The zero-order valence-corrected chi connectivity index (χ0v) is 7.88. The maximum atomic E-state index is 11.3. The molecule has 0 spiro atoms. The van der Waals surface area contributed by atoms with Crippen LogP contribution in [-0.4, -0.2) is 17.8 Å². The lowest BCUT2D eigenvalue weighted by molar-refractivity contribution is 0.104. The number of nitrogens with one attached hydrogen (secondary N) is 1. The van der Waals surface area contributed by atoms with E-state index in [2.05, 4.69) is 10.3 Å². The fourth-order valence-corrected chi connectivity index (χ4v) is 0.889. The molecule has 68 valence electrons. The molecule has 1 aromatic rings. The second-order valence-corrected chi connectivity index (χ2v) is 2.74. The molecule has 1 aromatic heterocycles. The largest absolute Gasteiger partial charge is 0.394 e. The van der Waals surface area contributed by atoms with Crippen LogP contribution >= 0.6 is 11.6 Å². The molecule has 0 atom stereocenters. The minimum atomic E-state index is -0.0986. The molecule has 13 heavy (non-hydrogen) atoms. The predicted molar refractivity (Wildman–Crippen MR) is 51.8 cm³/mol. The van der Waals surface area contributed by atoms with E-state index < -0.39 is 0 Å².